The maximum Gasteiger partial charge on any atom is 0.160 e. The summed E-state index contributed by atoms with van der Waals surface area (Å²) in [6, 6.07) is 1.87. The number of imidazole rings is 1. The van der Waals surface area contributed by atoms with Crippen molar-refractivity contribution >= 4 is 34.4 Å². The van der Waals surface area contributed by atoms with Crippen LogP contribution >= 0.6 is 23.2 Å². The Kier molecular flexibility index (Phi) is 4.15. The molecule has 3 nitrogen and oxygen atoms in total. The molecule has 5 heteroatoms. The topological polar surface area (TPSA) is 30.7 Å². The quantitative estimate of drug-likeness (QED) is 0.709. The summed E-state index contributed by atoms with van der Waals surface area (Å²) in [5.41, 5.74) is 2.12. The maximum atomic E-state index is 6.35. The Morgan fingerprint density at radius 2 is 2.10 bits per heavy atom. The molecular formula is C16H21Cl2N3. The lowest BCUT2D eigenvalue weighted by molar-refractivity contribution is 0.237. The highest BCUT2D eigenvalue weighted by Gasteiger charge is 2.34. The number of aromatic nitrogens is 3. The van der Waals surface area contributed by atoms with Crippen LogP contribution in [0.1, 0.15) is 57.2 Å². The van der Waals surface area contributed by atoms with E-state index in [1.54, 1.807) is 6.20 Å². The van der Waals surface area contributed by atoms with Gasteiger partial charge < -0.3 is 4.57 Å². The van der Waals surface area contributed by atoms with E-state index in [-0.39, 0.29) is 5.38 Å². The van der Waals surface area contributed by atoms with Gasteiger partial charge in [0.25, 0.3) is 0 Å². The van der Waals surface area contributed by atoms with Gasteiger partial charge in [-0.1, -0.05) is 31.4 Å². The average molecular weight is 326 g/mol. The number of hydrogen-bond acceptors (Lipinski definition) is 2. The van der Waals surface area contributed by atoms with E-state index in [9.17, 15) is 0 Å². The van der Waals surface area contributed by atoms with Crippen molar-refractivity contribution in [3.05, 3.63) is 23.1 Å². The zero-order valence-electron chi connectivity index (χ0n) is 12.6. The Morgan fingerprint density at radius 1 is 1.38 bits per heavy atom. The van der Waals surface area contributed by atoms with Crippen LogP contribution in [0.5, 0.6) is 0 Å². The molecule has 21 heavy (non-hydrogen) atoms. The smallest absolute Gasteiger partial charge is 0.160 e. The fourth-order valence-electron chi connectivity index (χ4n) is 3.55. The zero-order valence-corrected chi connectivity index (χ0v) is 14.1. The predicted molar refractivity (Wildman–Crippen MR) is 88.0 cm³/mol. The molecule has 2 aromatic rings. The molecular weight excluding hydrogens is 305 g/mol. The molecule has 0 radical (unpaired) electrons. The van der Waals surface area contributed by atoms with E-state index in [0.717, 1.165) is 23.5 Å². The molecule has 0 amide bonds. The molecule has 2 heterocycles. The Balaban J connectivity index is 2.09. The van der Waals surface area contributed by atoms with Gasteiger partial charge in [0.15, 0.2) is 5.65 Å². The monoisotopic (exact) mass is 325 g/mol. The van der Waals surface area contributed by atoms with Gasteiger partial charge in [0, 0.05) is 12.7 Å². The van der Waals surface area contributed by atoms with Gasteiger partial charge in [-0.2, -0.15) is 0 Å². The molecule has 1 aliphatic rings. The van der Waals surface area contributed by atoms with Crippen LogP contribution in [-0.4, -0.2) is 14.5 Å². The Morgan fingerprint density at radius 3 is 2.71 bits per heavy atom. The molecule has 1 aliphatic carbocycles. The lowest BCUT2D eigenvalue weighted by atomic mass is 9.83. The number of pyridine rings is 1. The first kappa shape index (κ1) is 15.1. The summed E-state index contributed by atoms with van der Waals surface area (Å²) in [7, 11) is 0. The highest BCUT2D eigenvalue weighted by Crippen LogP contribution is 2.43. The van der Waals surface area contributed by atoms with Crippen LogP contribution in [0.3, 0.4) is 0 Å². The summed E-state index contributed by atoms with van der Waals surface area (Å²) in [6.45, 7) is 5.22. The van der Waals surface area contributed by atoms with Gasteiger partial charge in [-0.15, -0.1) is 11.6 Å². The van der Waals surface area contributed by atoms with Crippen LogP contribution in [-0.2, 0) is 6.54 Å². The van der Waals surface area contributed by atoms with Crippen molar-refractivity contribution in [1.29, 1.82) is 0 Å². The molecule has 0 aromatic carbocycles. The van der Waals surface area contributed by atoms with E-state index in [1.807, 2.05) is 13.0 Å². The molecule has 0 saturated heterocycles. The van der Waals surface area contributed by atoms with Crippen molar-refractivity contribution in [1.82, 2.24) is 14.5 Å². The van der Waals surface area contributed by atoms with E-state index < -0.39 is 0 Å². The highest BCUT2D eigenvalue weighted by atomic mass is 35.5. The predicted octanol–water partition coefficient (Wildman–Crippen LogP) is 5.35. The third-order valence-corrected chi connectivity index (χ3v) is 5.25. The van der Waals surface area contributed by atoms with Gasteiger partial charge in [-0.05, 0) is 37.7 Å². The summed E-state index contributed by atoms with van der Waals surface area (Å²) in [5.74, 6) is 0.904. The number of alkyl halides is 1. The van der Waals surface area contributed by atoms with Crippen LogP contribution in [0.25, 0.3) is 11.2 Å². The molecule has 3 rings (SSSR count). The minimum Gasteiger partial charge on any atom is -0.311 e. The standard InChI is InChI=1S/C16H21Cl2N3/c1-3-16(6-4-5-7-16)10-21-14(11(2)17)20-13-8-12(18)9-19-15(13)21/h8-9,11H,3-7,10H2,1-2H3. The molecule has 114 valence electrons. The molecule has 1 saturated carbocycles. The second-order valence-corrected chi connectivity index (χ2v) is 7.32. The van der Waals surface area contributed by atoms with Crippen molar-refractivity contribution in [2.24, 2.45) is 5.41 Å². The fourth-order valence-corrected chi connectivity index (χ4v) is 3.87. The largest absolute Gasteiger partial charge is 0.311 e. The third kappa shape index (κ3) is 2.78. The Bertz CT molecular complexity index is 642. The van der Waals surface area contributed by atoms with Crippen LogP contribution in [0.15, 0.2) is 12.3 Å². The minimum atomic E-state index is -0.131. The van der Waals surface area contributed by atoms with Crippen molar-refractivity contribution < 1.29 is 0 Å². The van der Waals surface area contributed by atoms with E-state index in [4.69, 9.17) is 23.2 Å². The molecule has 1 fully saturated rings. The average Bonchev–Trinajstić information content (AvgIpc) is 3.05. The summed E-state index contributed by atoms with van der Waals surface area (Å²) >= 11 is 12.4. The minimum absolute atomic E-state index is 0.131. The normalized spacial score (nSPS) is 19.2. The second kappa shape index (κ2) is 5.77. The van der Waals surface area contributed by atoms with Crippen molar-refractivity contribution in [3.8, 4) is 0 Å². The van der Waals surface area contributed by atoms with Gasteiger partial charge in [0.1, 0.15) is 11.3 Å². The summed E-state index contributed by atoms with van der Waals surface area (Å²) in [5, 5.41) is 0.486. The Labute approximate surface area is 135 Å². The molecule has 1 atom stereocenters. The van der Waals surface area contributed by atoms with Crippen LogP contribution in [0.2, 0.25) is 5.02 Å². The first-order valence-corrected chi connectivity index (χ1v) is 8.52. The number of hydrogen-bond donors (Lipinski definition) is 0. The van der Waals surface area contributed by atoms with Gasteiger partial charge in [0.2, 0.25) is 0 Å². The third-order valence-electron chi connectivity index (χ3n) is 4.84. The van der Waals surface area contributed by atoms with Gasteiger partial charge in [-0.3, -0.25) is 0 Å². The van der Waals surface area contributed by atoms with Gasteiger partial charge >= 0.3 is 0 Å². The number of halogens is 2. The molecule has 0 N–H and O–H groups in total. The number of fused-ring (bicyclic) bond motifs is 1. The lowest BCUT2D eigenvalue weighted by Gasteiger charge is -2.29. The van der Waals surface area contributed by atoms with Crippen LogP contribution in [0.4, 0.5) is 0 Å². The van der Waals surface area contributed by atoms with E-state index in [2.05, 4.69) is 21.5 Å². The fraction of sp³-hybridized carbons (Fsp3) is 0.625. The SMILES string of the molecule is CCC1(Cn2c(C(C)Cl)nc3cc(Cl)cnc32)CCCC1. The first-order valence-electron chi connectivity index (χ1n) is 7.70. The summed E-state index contributed by atoms with van der Waals surface area (Å²) in [4.78, 5) is 9.17. The number of nitrogens with zero attached hydrogens (tertiary/aromatic N) is 3. The van der Waals surface area contributed by atoms with Crippen molar-refractivity contribution in [2.45, 2.75) is 57.9 Å². The highest BCUT2D eigenvalue weighted by molar-refractivity contribution is 6.31. The van der Waals surface area contributed by atoms with E-state index in [0.29, 0.717) is 10.4 Å². The first-order chi connectivity index (χ1) is 10.0. The molecule has 0 spiro atoms. The van der Waals surface area contributed by atoms with E-state index in [1.165, 1.54) is 32.1 Å². The van der Waals surface area contributed by atoms with E-state index >= 15 is 0 Å². The van der Waals surface area contributed by atoms with Crippen molar-refractivity contribution in [2.75, 3.05) is 0 Å². The van der Waals surface area contributed by atoms with Crippen molar-refractivity contribution in [3.63, 3.8) is 0 Å². The molecule has 0 aliphatic heterocycles. The Hall–Kier alpha value is -0.800. The van der Waals surface area contributed by atoms with Crippen LogP contribution < -0.4 is 0 Å². The van der Waals surface area contributed by atoms with Crippen LogP contribution in [0, 0.1) is 5.41 Å². The lowest BCUT2D eigenvalue weighted by Crippen LogP contribution is -2.24. The maximum absolute atomic E-state index is 6.35. The van der Waals surface area contributed by atoms with Gasteiger partial charge in [0.05, 0.1) is 10.4 Å². The molecule has 0 bridgehead atoms. The second-order valence-electron chi connectivity index (χ2n) is 6.23. The van der Waals surface area contributed by atoms with Gasteiger partial charge in [-0.25, -0.2) is 9.97 Å². The number of rotatable bonds is 4. The molecule has 2 aromatic heterocycles. The zero-order chi connectivity index (χ0) is 15.0. The molecule has 1 unspecified atom stereocenters. The summed E-state index contributed by atoms with van der Waals surface area (Å²) in [6.07, 6.45) is 8.10. The summed E-state index contributed by atoms with van der Waals surface area (Å²) < 4.78 is 2.22.